The summed E-state index contributed by atoms with van der Waals surface area (Å²) in [7, 11) is 0. The first-order valence-corrected chi connectivity index (χ1v) is 9.73. The Labute approximate surface area is 159 Å². The van der Waals surface area contributed by atoms with Crippen LogP contribution in [0.15, 0.2) is 18.2 Å². The van der Waals surface area contributed by atoms with Gasteiger partial charge in [-0.05, 0) is 43.9 Å². The van der Waals surface area contributed by atoms with E-state index in [4.69, 9.17) is 4.74 Å². The van der Waals surface area contributed by atoms with E-state index in [1.54, 1.807) is 25.1 Å². The molecular formula is C20H27N3O4. The summed E-state index contributed by atoms with van der Waals surface area (Å²) in [5.74, 6) is 0.186. The summed E-state index contributed by atoms with van der Waals surface area (Å²) < 4.78 is 5.81. The van der Waals surface area contributed by atoms with Gasteiger partial charge in [0.2, 0.25) is 11.8 Å². The zero-order chi connectivity index (χ0) is 19.4. The van der Waals surface area contributed by atoms with Crippen LogP contribution in [-0.2, 0) is 14.4 Å². The number of nitrogens with one attached hydrogen (secondary N) is 1. The molecule has 27 heavy (non-hydrogen) atoms. The molecule has 1 saturated heterocycles. The summed E-state index contributed by atoms with van der Waals surface area (Å²) in [6.45, 7) is 5.14. The minimum atomic E-state index is -0.595. The van der Waals surface area contributed by atoms with Crippen LogP contribution < -0.4 is 15.0 Å². The Morgan fingerprint density at radius 1 is 1.19 bits per heavy atom. The Balaban J connectivity index is 1.86. The van der Waals surface area contributed by atoms with Crippen LogP contribution in [0.25, 0.3) is 0 Å². The Hall–Kier alpha value is -2.57. The normalized spacial score (nSPS) is 19.3. The number of nitrogens with zero attached hydrogens (tertiary/aromatic N) is 2. The van der Waals surface area contributed by atoms with Crippen molar-refractivity contribution >= 4 is 29.1 Å². The van der Waals surface area contributed by atoms with Crippen LogP contribution in [0.3, 0.4) is 0 Å². The number of hydrogen-bond donors (Lipinski definition) is 1. The Morgan fingerprint density at radius 3 is 2.59 bits per heavy atom. The van der Waals surface area contributed by atoms with Gasteiger partial charge in [-0.3, -0.25) is 19.3 Å². The van der Waals surface area contributed by atoms with E-state index < -0.39 is 6.10 Å². The molecule has 1 atom stereocenters. The molecule has 0 aromatic heterocycles. The second-order valence-electron chi connectivity index (χ2n) is 6.96. The summed E-state index contributed by atoms with van der Waals surface area (Å²) >= 11 is 0. The molecule has 0 radical (unpaired) electrons. The maximum absolute atomic E-state index is 12.9. The number of piperidine rings is 1. The molecule has 2 aliphatic heterocycles. The second kappa shape index (κ2) is 8.41. The number of carbonyl (C=O) groups is 3. The Morgan fingerprint density at radius 2 is 1.93 bits per heavy atom. The van der Waals surface area contributed by atoms with Gasteiger partial charge >= 0.3 is 0 Å². The van der Waals surface area contributed by atoms with Gasteiger partial charge < -0.3 is 15.0 Å². The predicted octanol–water partition coefficient (Wildman–Crippen LogP) is 2.55. The van der Waals surface area contributed by atoms with Crippen LogP contribution >= 0.6 is 0 Å². The number of fused-ring (bicyclic) bond motifs is 1. The van der Waals surface area contributed by atoms with Gasteiger partial charge in [0.15, 0.2) is 6.10 Å². The molecule has 3 amide bonds. The van der Waals surface area contributed by atoms with E-state index in [9.17, 15) is 14.4 Å². The number of carbonyl (C=O) groups excluding carboxylic acids is 3. The topological polar surface area (TPSA) is 79.0 Å². The molecule has 0 aliphatic carbocycles. The lowest BCUT2D eigenvalue weighted by Crippen LogP contribution is -2.51. The van der Waals surface area contributed by atoms with Crippen LogP contribution in [0, 0.1) is 0 Å². The van der Waals surface area contributed by atoms with Crippen molar-refractivity contribution in [3.05, 3.63) is 18.2 Å². The second-order valence-corrected chi connectivity index (χ2v) is 6.96. The fourth-order valence-corrected chi connectivity index (χ4v) is 3.45. The maximum Gasteiger partial charge on any atom is 0.268 e. The van der Waals surface area contributed by atoms with Crippen molar-refractivity contribution in [1.82, 2.24) is 4.90 Å². The first kappa shape index (κ1) is 19.2. The van der Waals surface area contributed by atoms with E-state index in [1.165, 1.54) is 4.90 Å². The minimum Gasteiger partial charge on any atom is -0.478 e. The lowest BCUT2D eigenvalue weighted by molar-refractivity contribution is -0.134. The third kappa shape index (κ3) is 4.23. The summed E-state index contributed by atoms with van der Waals surface area (Å²) in [5, 5.41) is 2.79. The van der Waals surface area contributed by atoms with E-state index in [0.29, 0.717) is 30.0 Å². The molecule has 2 heterocycles. The highest BCUT2D eigenvalue weighted by molar-refractivity contribution is 6.04. The van der Waals surface area contributed by atoms with Crippen molar-refractivity contribution in [1.29, 1.82) is 0 Å². The van der Waals surface area contributed by atoms with E-state index >= 15 is 0 Å². The predicted molar refractivity (Wildman–Crippen MR) is 103 cm³/mol. The number of ether oxygens (including phenoxy) is 1. The Kier molecular flexibility index (Phi) is 5.98. The van der Waals surface area contributed by atoms with Crippen LogP contribution in [0.2, 0.25) is 0 Å². The van der Waals surface area contributed by atoms with Crippen LogP contribution in [0.5, 0.6) is 5.75 Å². The highest BCUT2D eigenvalue weighted by Gasteiger charge is 2.35. The van der Waals surface area contributed by atoms with Crippen molar-refractivity contribution in [2.45, 2.75) is 52.1 Å². The van der Waals surface area contributed by atoms with Gasteiger partial charge in [-0.25, -0.2) is 0 Å². The Bertz CT molecular complexity index is 728. The molecule has 146 valence electrons. The average molecular weight is 373 g/mol. The molecule has 1 fully saturated rings. The molecule has 0 bridgehead atoms. The van der Waals surface area contributed by atoms with Crippen molar-refractivity contribution in [2.75, 3.05) is 29.9 Å². The fourth-order valence-electron chi connectivity index (χ4n) is 3.45. The number of likely N-dealkylation sites (tertiary alicyclic amines) is 1. The molecule has 1 aromatic rings. The number of hydrogen-bond acceptors (Lipinski definition) is 4. The highest BCUT2D eigenvalue weighted by Crippen LogP contribution is 2.37. The SMILES string of the molecule is CCC(=O)Nc1ccc2c(c1)N(CC(=O)N1CCCCC1)C(=O)C(CC)O2. The quantitative estimate of drug-likeness (QED) is 0.860. The van der Waals surface area contributed by atoms with Crippen molar-refractivity contribution in [3.8, 4) is 5.75 Å². The van der Waals surface area contributed by atoms with E-state index in [1.807, 2.05) is 11.8 Å². The first-order chi connectivity index (χ1) is 13.0. The zero-order valence-electron chi connectivity index (χ0n) is 16.0. The molecule has 3 rings (SSSR count). The molecule has 1 unspecified atom stereocenters. The maximum atomic E-state index is 12.9. The molecule has 0 saturated carbocycles. The largest absolute Gasteiger partial charge is 0.478 e. The monoisotopic (exact) mass is 373 g/mol. The van der Waals surface area contributed by atoms with Crippen LogP contribution in [0.1, 0.15) is 46.0 Å². The number of anilines is 2. The minimum absolute atomic E-state index is 0.00310. The lowest BCUT2D eigenvalue weighted by atomic mass is 10.1. The smallest absolute Gasteiger partial charge is 0.268 e. The van der Waals surface area contributed by atoms with Gasteiger partial charge in [-0.2, -0.15) is 0 Å². The number of amides is 3. The molecule has 7 nitrogen and oxygen atoms in total. The summed E-state index contributed by atoms with van der Waals surface area (Å²) in [6.07, 6.45) is 3.45. The number of benzene rings is 1. The van der Waals surface area contributed by atoms with Gasteiger partial charge in [0, 0.05) is 25.2 Å². The fraction of sp³-hybridized carbons (Fsp3) is 0.550. The van der Waals surface area contributed by atoms with Gasteiger partial charge in [0.1, 0.15) is 12.3 Å². The van der Waals surface area contributed by atoms with Crippen molar-refractivity contribution < 1.29 is 19.1 Å². The zero-order valence-corrected chi connectivity index (χ0v) is 16.0. The van der Waals surface area contributed by atoms with E-state index in [2.05, 4.69) is 5.32 Å². The average Bonchev–Trinajstić information content (AvgIpc) is 2.70. The van der Waals surface area contributed by atoms with Crippen LogP contribution in [-0.4, -0.2) is 48.4 Å². The summed E-state index contributed by atoms with van der Waals surface area (Å²) in [6, 6.07) is 5.20. The molecule has 2 aliphatic rings. The summed E-state index contributed by atoms with van der Waals surface area (Å²) in [5.41, 5.74) is 1.12. The van der Waals surface area contributed by atoms with E-state index in [0.717, 1.165) is 32.4 Å². The third-order valence-corrected chi connectivity index (χ3v) is 5.04. The molecule has 7 heteroatoms. The molecule has 1 aromatic carbocycles. The molecular weight excluding hydrogens is 346 g/mol. The van der Waals surface area contributed by atoms with Crippen molar-refractivity contribution in [3.63, 3.8) is 0 Å². The van der Waals surface area contributed by atoms with Gasteiger partial charge in [0.25, 0.3) is 5.91 Å². The lowest BCUT2D eigenvalue weighted by Gasteiger charge is -2.36. The third-order valence-electron chi connectivity index (χ3n) is 5.04. The first-order valence-electron chi connectivity index (χ1n) is 9.73. The van der Waals surface area contributed by atoms with Gasteiger partial charge in [-0.1, -0.05) is 13.8 Å². The highest BCUT2D eigenvalue weighted by atomic mass is 16.5. The molecule has 0 spiro atoms. The number of rotatable bonds is 5. The van der Waals surface area contributed by atoms with Gasteiger partial charge in [-0.15, -0.1) is 0 Å². The standard InChI is InChI=1S/C20H27N3O4/c1-3-16-20(26)23(13-19(25)22-10-6-5-7-11-22)15-12-14(21-18(24)4-2)8-9-17(15)27-16/h8-9,12,16H,3-7,10-11,13H2,1-2H3,(H,21,24). The molecule has 1 N–H and O–H groups in total. The van der Waals surface area contributed by atoms with Crippen LogP contribution in [0.4, 0.5) is 11.4 Å². The van der Waals surface area contributed by atoms with Gasteiger partial charge in [0.05, 0.1) is 5.69 Å². The van der Waals surface area contributed by atoms with Crippen molar-refractivity contribution in [2.24, 2.45) is 0 Å². The summed E-state index contributed by atoms with van der Waals surface area (Å²) in [4.78, 5) is 40.6. The van der Waals surface area contributed by atoms with E-state index in [-0.39, 0.29) is 24.3 Å².